The first-order valence-corrected chi connectivity index (χ1v) is 8.19. The molecule has 1 aromatic carbocycles. The summed E-state index contributed by atoms with van der Waals surface area (Å²) in [4.78, 5) is 12.5. The lowest BCUT2D eigenvalue weighted by molar-refractivity contribution is -0.124. The quantitative estimate of drug-likeness (QED) is 0.854. The van der Waals surface area contributed by atoms with Crippen molar-refractivity contribution in [2.75, 3.05) is 19.8 Å². The predicted molar refractivity (Wildman–Crippen MR) is 82.7 cm³/mol. The Labute approximate surface area is 133 Å². The van der Waals surface area contributed by atoms with Crippen molar-refractivity contribution in [2.24, 2.45) is 11.3 Å². The van der Waals surface area contributed by atoms with Crippen LogP contribution in [-0.4, -0.2) is 30.8 Å². The van der Waals surface area contributed by atoms with Crippen LogP contribution in [0.5, 0.6) is 0 Å². The van der Waals surface area contributed by atoms with Gasteiger partial charge in [-0.1, -0.05) is 34.1 Å². The molecule has 3 unspecified atom stereocenters. The Morgan fingerprint density at radius 3 is 3.00 bits per heavy atom. The molecule has 3 rings (SSSR count). The maximum absolute atomic E-state index is 12.5. The number of aliphatic hydroxyl groups excluding tert-OH is 1. The van der Waals surface area contributed by atoms with E-state index in [1.165, 1.54) is 0 Å². The van der Waals surface area contributed by atoms with E-state index in [1.54, 1.807) is 0 Å². The Hall–Kier alpha value is -0.910. The summed E-state index contributed by atoms with van der Waals surface area (Å²) >= 11 is 3.52. The van der Waals surface area contributed by atoms with E-state index in [9.17, 15) is 9.90 Å². The smallest absolute Gasteiger partial charge is 0.224 e. The minimum Gasteiger partial charge on any atom is -0.396 e. The number of hydrogen-bond donors (Lipinski definition) is 2. The summed E-state index contributed by atoms with van der Waals surface area (Å²) in [5.74, 6) is 0.165. The van der Waals surface area contributed by atoms with Gasteiger partial charge in [-0.05, 0) is 30.9 Å². The second-order valence-electron chi connectivity index (χ2n) is 6.02. The standard InChI is InChI=1S/C16H20BrNO3/c17-13-4-2-1-3-11(13)14(5-7-19)18-15(20)12-9-16(12)6-8-21-10-16/h1-4,12,14,19H,5-10H2,(H,18,20). The van der Waals surface area contributed by atoms with E-state index in [-0.39, 0.29) is 29.9 Å². The molecule has 1 saturated carbocycles. The lowest BCUT2D eigenvalue weighted by Gasteiger charge is -2.20. The van der Waals surface area contributed by atoms with Crippen molar-refractivity contribution in [2.45, 2.75) is 25.3 Å². The van der Waals surface area contributed by atoms with Crippen LogP contribution >= 0.6 is 15.9 Å². The predicted octanol–water partition coefficient (Wildman–Crippen LogP) is 2.42. The van der Waals surface area contributed by atoms with Crippen LogP contribution in [0.15, 0.2) is 28.7 Å². The zero-order chi connectivity index (χ0) is 14.9. The van der Waals surface area contributed by atoms with Crippen LogP contribution in [0.4, 0.5) is 0 Å². The average molecular weight is 354 g/mol. The number of amides is 1. The van der Waals surface area contributed by atoms with Crippen LogP contribution in [-0.2, 0) is 9.53 Å². The summed E-state index contributed by atoms with van der Waals surface area (Å²) in [6, 6.07) is 7.66. The number of rotatable bonds is 5. The van der Waals surface area contributed by atoms with Gasteiger partial charge in [0.05, 0.1) is 12.6 Å². The molecule has 1 saturated heterocycles. The van der Waals surface area contributed by atoms with Gasteiger partial charge in [0.15, 0.2) is 0 Å². The maximum Gasteiger partial charge on any atom is 0.224 e. The molecular weight excluding hydrogens is 334 g/mol. The number of halogens is 1. The number of carbonyl (C=O) groups excluding carboxylic acids is 1. The topological polar surface area (TPSA) is 58.6 Å². The molecule has 1 aromatic rings. The SMILES string of the molecule is O=C(NC(CCO)c1ccccc1Br)C1CC12CCOC2. The first kappa shape index (κ1) is 15.0. The molecule has 2 aliphatic rings. The Bertz CT molecular complexity index is 528. The molecule has 0 aromatic heterocycles. The van der Waals surface area contributed by atoms with Gasteiger partial charge in [-0.2, -0.15) is 0 Å². The fourth-order valence-electron chi connectivity index (χ4n) is 3.24. The lowest BCUT2D eigenvalue weighted by atomic mass is 10.0. The van der Waals surface area contributed by atoms with E-state index in [1.807, 2.05) is 24.3 Å². The third-order valence-electron chi connectivity index (χ3n) is 4.65. The highest BCUT2D eigenvalue weighted by Crippen LogP contribution is 2.58. The highest BCUT2D eigenvalue weighted by Gasteiger charge is 2.59. The Balaban J connectivity index is 1.68. The van der Waals surface area contributed by atoms with Crippen molar-refractivity contribution >= 4 is 21.8 Å². The van der Waals surface area contributed by atoms with E-state index >= 15 is 0 Å². The zero-order valence-electron chi connectivity index (χ0n) is 11.8. The summed E-state index contributed by atoms with van der Waals surface area (Å²) in [5, 5.41) is 12.4. The second kappa shape index (κ2) is 6.07. The number of nitrogens with one attached hydrogen (secondary N) is 1. The third-order valence-corrected chi connectivity index (χ3v) is 5.38. The molecule has 4 nitrogen and oxygen atoms in total. The van der Waals surface area contributed by atoms with E-state index in [2.05, 4.69) is 21.2 Å². The number of benzene rings is 1. The molecule has 1 aliphatic heterocycles. The van der Waals surface area contributed by atoms with Crippen LogP contribution in [0.3, 0.4) is 0 Å². The maximum atomic E-state index is 12.5. The van der Waals surface area contributed by atoms with Crippen molar-refractivity contribution in [3.8, 4) is 0 Å². The molecule has 5 heteroatoms. The fraction of sp³-hybridized carbons (Fsp3) is 0.562. The van der Waals surface area contributed by atoms with Crippen LogP contribution in [0.2, 0.25) is 0 Å². The molecule has 0 bridgehead atoms. The second-order valence-corrected chi connectivity index (χ2v) is 6.87. The molecule has 1 amide bonds. The average Bonchev–Trinajstić information content (AvgIpc) is 2.97. The largest absolute Gasteiger partial charge is 0.396 e. The van der Waals surface area contributed by atoms with Gasteiger partial charge in [0.2, 0.25) is 5.91 Å². The Kier molecular flexibility index (Phi) is 4.33. The summed E-state index contributed by atoms with van der Waals surface area (Å²) in [7, 11) is 0. The summed E-state index contributed by atoms with van der Waals surface area (Å²) in [5.41, 5.74) is 1.11. The van der Waals surface area contributed by atoms with Gasteiger partial charge in [-0.3, -0.25) is 4.79 Å². The van der Waals surface area contributed by atoms with Gasteiger partial charge in [0.25, 0.3) is 0 Å². The van der Waals surface area contributed by atoms with Gasteiger partial charge in [0.1, 0.15) is 0 Å². The lowest BCUT2D eigenvalue weighted by Crippen LogP contribution is -2.32. The minimum atomic E-state index is -0.155. The first-order valence-electron chi connectivity index (χ1n) is 7.40. The van der Waals surface area contributed by atoms with Crippen molar-refractivity contribution in [3.63, 3.8) is 0 Å². The molecule has 114 valence electrons. The molecule has 21 heavy (non-hydrogen) atoms. The number of carbonyl (C=O) groups is 1. The summed E-state index contributed by atoms with van der Waals surface area (Å²) in [6.45, 7) is 1.53. The van der Waals surface area contributed by atoms with E-state index < -0.39 is 0 Å². The number of hydrogen-bond acceptors (Lipinski definition) is 3. The molecule has 2 N–H and O–H groups in total. The monoisotopic (exact) mass is 353 g/mol. The summed E-state index contributed by atoms with van der Waals surface area (Å²) in [6.07, 6.45) is 2.44. The first-order chi connectivity index (χ1) is 10.2. The number of aliphatic hydroxyl groups is 1. The van der Waals surface area contributed by atoms with E-state index in [0.717, 1.165) is 29.5 Å². The molecule has 1 heterocycles. The van der Waals surface area contributed by atoms with Crippen LogP contribution in [0.25, 0.3) is 0 Å². The van der Waals surface area contributed by atoms with Gasteiger partial charge < -0.3 is 15.2 Å². The van der Waals surface area contributed by atoms with Gasteiger partial charge >= 0.3 is 0 Å². The van der Waals surface area contributed by atoms with Crippen molar-refractivity contribution in [1.29, 1.82) is 0 Å². The van der Waals surface area contributed by atoms with Gasteiger partial charge in [0, 0.05) is 29.0 Å². The van der Waals surface area contributed by atoms with Crippen molar-refractivity contribution in [3.05, 3.63) is 34.3 Å². The van der Waals surface area contributed by atoms with E-state index in [4.69, 9.17) is 4.74 Å². The molecule has 1 spiro atoms. The molecular formula is C16H20BrNO3. The third kappa shape index (κ3) is 3.00. The number of ether oxygens (including phenoxy) is 1. The molecule has 1 aliphatic carbocycles. The van der Waals surface area contributed by atoms with Gasteiger partial charge in [-0.25, -0.2) is 0 Å². The van der Waals surface area contributed by atoms with Crippen molar-refractivity contribution in [1.82, 2.24) is 5.32 Å². The minimum absolute atomic E-state index is 0.0468. The van der Waals surface area contributed by atoms with Crippen LogP contribution < -0.4 is 5.32 Å². The Morgan fingerprint density at radius 1 is 1.52 bits per heavy atom. The normalized spacial score (nSPS) is 28.6. The molecule has 3 atom stereocenters. The fourth-order valence-corrected chi connectivity index (χ4v) is 3.80. The van der Waals surface area contributed by atoms with E-state index in [0.29, 0.717) is 13.0 Å². The highest BCUT2D eigenvalue weighted by molar-refractivity contribution is 9.10. The van der Waals surface area contributed by atoms with Crippen LogP contribution in [0.1, 0.15) is 30.9 Å². The highest BCUT2D eigenvalue weighted by atomic mass is 79.9. The van der Waals surface area contributed by atoms with Gasteiger partial charge in [-0.15, -0.1) is 0 Å². The molecule has 2 fully saturated rings. The van der Waals surface area contributed by atoms with Crippen molar-refractivity contribution < 1.29 is 14.6 Å². The zero-order valence-corrected chi connectivity index (χ0v) is 13.4. The molecule has 0 radical (unpaired) electrons. The summed E-state index contributed by atoms with van der Waals surface area (Å²) < 4.78 is 6.39. The van der Waals surface area contributed by atoms with Crippen LogP contribution in [0, 0.1) is 11.3 Å². The Morgan fingerprint density at radius 2 is 2.33 bits per heavy atom.